The van der Waals surface area contributed by atoms with Gasteiger partial charge in [-0.2, -0.15) is 13.5 Å². The minimum atomic E-state index is -0.152. The van der Waals surface area contributed by atoms with Gasteiger partial charge in [-0.1, -0.05) is 19.1 Å². The molecule has 33 heavy (non-hydrogen) atoms. The highest BCUT2D eigenvalue weighted by atomic mass is 32.1. The molecule has 2 amide bonds. The van der Waals surface area contributed by atoms with Crippen molar-refractivity contribution in [3.05, 3.63) is 71.0 Å². The van der Waals surface area contributed by atoms with Crippen molar-refractivity contribution in [2.75, 3.05) is 26.0 Å². The fourth-order valence-electron chi connectivity index (χ4n) is 3.77. The van der Waals surface area contributed by atoms with Gasteiger partial charge in [0.25, 0.3) is 11.8 Å². The summed E-state index contributed by atoms with van der Waals surface area (Å²) in [5, 5.41) is 8.81. The Kier molecular flexibility index (Phi) is 7.55. The van der Waals surface area contributed by atoms with Gasteiger partial charge in [-0.05, 0) is 35.4 Å². The van der Waals surface area contributed by atoms with E-state index in [2.05, 4.69) is 32.8 Å². The maximum Gasteiger partial charge on any atom is 0.251 e. The average Bonchev–Trinajstić information content (AvgIpc) is 3.21. The predicted molar refractivity (Wildman–Crippen MR) is 132 cm³/mol. The fourth-order valence-corrected chi connectivity index (χ4v) is 3.77. The lowest BCUT2D eigenvalue weighted by Gasteiger charge is -2.17. The number of methoxy groups -OCH3 is 1. The molecule has 3 aromatic rings. The number of hydrogen-bond donors (Lipinski definition) is 3. The van der Waals surface area contributed by atoms with E-state index in [1.165, 1.54) is 6.33 Å². The molecule has 3 N–H and O–H groups in total. The predicted octanol–water partition coefficient (Wildman–Crippen LogP) is 3.08. The maximum atomic E-state index is 11.9. The van der Waals surface area contributed by atoms with Gasteiger partial charge in [0.15, 0.2) is 0 Å². The summed E-state index contributed by atoms with van der Waals surface area (Å²) in [5.74, 6) is 1.30. The first kappa shape index (κ1) is 24.1. The Morgan fingerprint density at radius 3 is 2.76 bits per heavy atom. The Balaban J connectivity index is 0.00000306. The molecule has 0 unspecified atom stereocenters. The van der Waals surface area contributed by atoms with Gasteiger partial charge in [-0.25, -0.2) is 9.97 Å². The molecule has 2 aromatic carbocycles. The van der Waals surface area contributed by atoms with Crippen molar-refractivity contribution in [1.82, 2.24) is 20.6 Å². The second-order valence-corrected chi connectivity index (χ2v) is 7.66. The summed E-state index contributed by atoms with van der Waals surface area (Å²) < 4.78 is 5.51. The molecular weight excluding hydrogens is 438 g/mol. The number of carbonyl (C=O) groups excluding carboxylic acids is 2. The van der Waals surface area contributed by atoms with E-state index in [0.717, 1.165) is 22.4 Å². The molecule has 0 aliphatic carbocycles. The van der Waals surface area contributed by atoms with Gasteiger partial charge < -0.3 is 20.7 Å². The zero-order chi connectivity index (χ0) is 22.7. The van der Waals surface area contributed by atoms with E-state index in [1.54, 1.807) is 26.3 Å². The quantitative estimate of drug-likeness (QED) is 0.495. The van der Waals surface area contributed by atoms with E-state index >= 15 is 0 Å². The van der Waals surface area contributed by atoms with Crippen LogP contribution in [0.3, 0.4) is 0 Å². The molecule has 2 heterocycles. The van der Waals surface area contributed by atoms with E-state index in [9.17, 15) is 9.59 Å². The highest BCUT2D eigenvalue weighted by Crippen LogP contribution is 2.29. The molecule has 4 rings (SSSR count). The second kappa shape index (κ2) is 10.4. The maximum absolute atomic E-state index is 11.9. The van der Waals surface area contributed by atoms with E-state index in [0.29, 0.717) is 35.8 Å². The first-order valence-corrected chi connectivity index (χ1v) is 10.4. The van der Waals surface area contributed by atoms with Crippen molar-refractivity contribution >= 4 is 31.1 Å². The summed E-state index contributed by atoms with van der Waals surface area (Å²) in [4.78, 5) is 32.4. The number of carbonyl (C=O) groups is 2. The zero-order valence-electron chi connectivity index (χ0n) is 18.7. The van der Waals surface area contributed by atoms with Crippen LogP contribution in [-0.2, 0) is 6.54 Å². The Bertz CT molecular complexity index is 1180. The average molecular weight is 466 g/mol. The van der Waals surface area contributed by atoms with Crippen LogP contribution in [0.5, 0.6) is 5.75 Å². The van der Waals surface area contributed by atoms with E-state index in [1.807, 2.05) is 30.3 Å². The second-order valence-electron chi connectivity index (χ2n) is 7.66. The topological polar surface area (TPSA) is 105 Å². The van der Waals surface area contributed by atoms with Gasteiger partial charge in [-0.3, -0.25) is 9.59 Å². The lowest BCUT2D eigenvalue weighted by molar-refractivity contribution is 0.0956. The summed E-state index contributed by atoms with van der Waals surface area (Å²) in [6.07, 6.45) is 1.53. The number of anilines is 1. The Morgan fingerprint density at radius 1 is 1.18 bits per heavy atom. The third-order valence-corrected chi connectivity index (χ3v) is 5.60. The molecule has 0 bridgehead atoms. The molecule has 0 saturated heterocycles. The molecule has 0 fully saturated rings. The Labute approximate surface area is 199 Å². The van der Waals surface area contributed by atoms with Crippen LogP contribution in [0.1, 0.15) is 44.7 Å². The van der Waals surface area contributed by atoms with Crippen molar-refractivity contribution in [2.45, 2.75) is 19.4 Å². The number of aromatic nitrogens is 2. The van der Waals surface area contributed by atoms with Crippen LogP contribution >= 0.6 is 13.5 Å². The highest BCUT2D eigenvalue weighted by Gasteiger charge is 2.19. The van der Waals surface area contributed by atoms with Crippen molar-refractivity contribution in [3.8, 4) is 17.0 Å². The number of hydrogen-bond acceptors (Lipinski definition) is 6. The van der Waals surface area contributed by atoms with Crippen LogP contribution in [0.25, 0.3) is 11.3 Å². The molecule has 172 valence electrons. The van der Waals surface area contributed by atoms with Crippen molar-refractivity contribution in [1.29, 1.82) is 0 Å². The van der Waals surface area contributed by atoms with Gasteiger partial charge in [0.1, 0.15) is 17.9 Å². The lowest BCUT2D eigenvalue weighted by Crippen LogP contribution is -2.18. The monoisotopic (exact) mass is 465 g/mol. The van der Waals surface area contributed by atoms with Gasteiger partial charge in [0.05, 0.1) is 12.8 Å². The molecule has 0 saturated carbocycles. The number of benzene rings is 2. The van der Waals surface area contributed by atoms with Gasteiger partial charge in [-0.15, -0.1) is 0 Å². The number of amides is 2. The third-order valence-electron chi connectivity index (χ3n) is 5.60. The smallest absolute Gasteiger partial charge is 0.251 e. The van der Waals surface area contributed by atoms with Crippen LogP contribution in [0.15, 0.2) is 48.8 Å². The summed E-state index contributed by atoms with van der Waals surface area (Å²) >= 11 is 0. The molecule has 1 aliphatic rings. The summed E-state index contributed by atoms with van der Waals surface area (Å²) in [6, 6.07) is 13.1. The highest BCUT2D eigenvalue weighted by molar-refractivity contribution is 7.59. The Morgan fingerprint density at radius 2 is 2.00 bits per heavy atom. The Hall–Kier alpha value is -3.59. The molecule has 0 spiro atoms. The van der Waals surface area contributed by atoms with Crippen molar-refractivity contribution < 1.29 is 14.3 Å². The zero-order valence-corrected chi connectivity index (χ0v) is 19.7. The van der Waals surface area contributed by atoms with Crippen LogP contribution in [0.2, 0.25) is 0 Å². The molecule has 1 aliphatic heterocycles. The van der Waals surface area contributed by atoms with E-state index < -0.39 is 0 Å². The molecule has 9 heteroatoms. The molecular formula is C24H27N5O3S. The van der Waals surface area contributed by atoms with Crippen LogP contribution in [0.4, 0.5) is 5.82 Å². The van der Waals surface area contributed by atoms with Crippen molar-refractivity contribution in [2.24, 2.45) is 0 Å². The number of nitrogens with zero attached hydrogens (tertiary/aromatic N) is 2. The number of ether oxygens (including phenoxy) is 1. The molecule has 0 radical (unpaired) electrons. The van der Waals surface area contributed by atoms with Gasteiger partial charge in [0, 0.05) is 48.8 Å². The first-order valence-electron chi connectivity index (χ1n) is 10.4. The minimum Gasteiger partial charge on any atom is -0.496 e. The van der Waals surface area contributed by atoms with Crippen LogP contribution in [0, 0.1) is 0 Å². The normalized spacial score (nSPS) is 12.8. The van der Waals surface area contributed by atoms with Crippen LogP contribution < -0.4 is 20.7 Å². The van der Waals surface area contributed by atoms with E-state index in [-0.39, 0.29) is 31.2 Å². The first-order chi connectivity index (χ1) is 15.5. The molecule has 1 atom stereocenters. The lowest BCUT2D eigenvalue weighted by atomic mass is 9.98. The number of rotatable bonds is 7. The standard InChI is InChI=1S/C24H25N5O3.H2S/c1-14(18-6-5-16(23(30)25-2)9-21(18)32-3)11-26-22-10-20(28-13-29-22)15-4-7-19-17(8-15)12-27-24(19)31;/h4-10,13-14H,11-12H2,1-3H3,(H,25,30)(H,27,31)(H,26,28,29);1H2/t14-;/m1./s1. The summed E-state index contributed by atoms with van der Waals surface area (Å²) in [7, 11) is 3.20. The minimum absolute atomic E-state index is 0. The fraction of sp³-hybridized carbons (Fsp3) is 0.250. The summed E-state index contributed by atoms with van der Waals surface area (Å²) in [6.45, 7) is 3.24. The number of nitrogens with one attached hydrogen (secondary N) is 3. The van der Waals surface area contributed by atoms with E-state index in [4.69, 9.17) is 4.74 Å². The third kappa shape index (κ3) is 5.09. The number of fused-ring (bicyclic) bond motifs is 1. The largest absolute Gasteiger partial charge is 0.496 e. The van der Waals surface area contributed by atoms with Crippen LogP contribution in [-0.4, -0.2) is 42.5 Å². The SMILES string of the molecule is CNC(=O)c1ccc([C@H](C)CNc2cc(-c3ccc4c(c3)CNC4=O)ncn2)c(OC)c1.S. The van der Waals surface area contributed by atoms with Gasteiger partial charge >= 0.3 is 0 Å². The molecule has 8 nitrogen and oxygen atoms in total. The summed E-state index contributed by atoms with van der Waals surface area (Å²) in [5.41, 5.74) is 4.96. The van der Waals surface area contributed by atoms with Crippen molar-refractivity contribution in [3.63, 3.8) is 0 Å². The molecule has 1 aromatic heterocycles. The van der Waals surface area contributed by atoms with Gasteiger partial charge in [0.2, 0.25) is 0 Å².